The van der Waals surface area contributed by atoms with Crippen molar-refractivity contribution < 1.29 is 23.6 Å². The van der Waals surface area contributed by atoms with Gasteiger partial charge in [0.1, 0.15) is 17.9 Å². The number of para-hydroxylation sites is 1. The molecule has 1 aliphatic rings. The number of furan rings is 1. The van der Waals surface area contributed by atoms with Crippen molar-refractivity contribution in [2.45, 2.75) is 19.6 Å². The van der Waals surface area contributed by atoms with Gasteiger partial charge in [0, 0.05) is 22.7 Å². The van der Waals surface area contributed by atoms with Crippen LogP contribution in [0.5, 0.6) is 0 Å². The number of urea groups is 1. The van der Waals surface area contributed by atoms with E-state index in [1.807, 2.05) is 42.5 Å². The number of fused-ring (bicyclic) bond motifs is 1. The van der Waals surface area contributed by atoms with Crippen LogP contribution in [0.25, 0.3) is 17.0 Å². The summed E-state index contributed by atoms with van der Waals surface area (Å²) in [7, 11) is 0. The third-order valence-electron chi connectivity index (χ3n) is 5.84. The zero-order valence-corrected chi connectivity index (χ0v) is 19.1. The zero-order chi connectivity index (χ0) is 25.1. The molecule has 1 aliphatic heterocycles. The number of imide groups is 2. The van der Waals surface area contributed by atoms with E-state index in [9.17, 15) is 19.2 Å². The van der Waals surface area contributed by atoms with Gasteiger partial charge in [-0.25, -0.2) is 4.79 Å². The first-order chi connectivity index (χ1) is 17.5. The Morgan fingerprint density at radius 1 is 0.972 bits per heavy atom. The monoisotopic (exact) mass is 482 g/mol. The summed E-state index contributed by atoms with van der Waals surface area (Å²) >= 11 is 0. The second kappa shape index (κ2) is 9.75. The van der Waals surface area contributed by atoms with Crippen molar-refractivity contribution in [1.29, 1.82) is 0 Å². The van der Waals surface area contributed by atoms with Crippen LogP contribution < -0.4 is 10.6 Å². The summed E-state index contributed by atoms with van der Waals surface area (Å²) in [5, 5.41) is 5.81. The molecule has 1 saturated heterocycles. The smallest absolute Gasteiger partial charge is 0.331 e. The predicted octanol–water partition coefficient (Wildman–Crippen LogP) is 3.21. The first kappa shape index (κ1) is 22.9. The van der Waals surface area contributed by atoms with E-state index in [1.54, 1.807) is 35.0 Å². The summed E-state index contributed by atoms with van der Waals surface area (Å²) in [5.74, 6) is -1.03. The Morgan fingerprint density at radius 2 is 1.75 bits per heavy atom. The van der Waals surface area contributed by atoms with Crippen molar-refractivity contribution in [1.82, 2.24) is 20.1 Å². The Morgan fingerprint density at radius 3 is 2.53 bits per heavy atom. The number of hydrogen-bond acceptors (Lipinski definition) is 5. The van der Waals surface area contributed by atoms with Crippen LogP contribution in [0.1, 0.15) is 16.9 Å². The number of aromatic nitrogens is 1. The van der Waals surface area contributed by atoms with Gasteiger partial charge in [0.2, 0.25) is 5.91 Å². The number of carbonyl (C=O) groups excluding carboxylic acids is 4. The molecule has 4 aromatic rings. The normalized spacial score (nSPS) is 14.9. The van der Waals surface area contributed by atoms with Crippen LogP contribution in [0.3, 0.4) is 0 Å². The molecule has 0 radical (unpaired) electrons. The van der Waals surface area contributed by atoms with Gasteiger partial charge in [-0.15, -0.1) is 0 Å². The lowest BCUT2D eigenvalue weighted by Gasteiger charge is -2.26. The summed E-state index contributed by atoms with van der Waals surface area (Å²) < 4.78 is 6.99. The standard InChI is InChI=1S/C27H22N4O5/c32-24(28-14-20-9-6-12-36-20)17-30-16-19(21-10-4-5-11-23(21)30)13-22-25(33)29-27(35)31(26(22)34)15-18-7-2-1-3-8-18/h1-13,16H,14-15,17H2,(H,28,32)(H,29,33,35)/b22-13-. The third kappa shape index (κ3) is 4.67. The average Bonchev–Trinajstić information content (AvgIpc) is 3.52. The molecule has 2 N–H and O–H groups in total. The molecule has 36 heavy (non-hydrogen) atoms. The van der Waals surface area contributed by atoms with Crippen molar-refractivity contribution in [3.8, 4) is 0 Å². The van der Waals surface area contributed by atoms with E-state index >= 15 is 0 Å². The number of nitrogens with one attached hydrogen (secondary N) is 2. The summed E-state index contributed by atoms with van der Waals surface area (Å²) in [4.78, 5) is 51.7. The topological polar surface area (TPSA) is 114 Å². The first-order valence-corrected chi connectivity index (χ1v) is 11.3. The van der Waals surface area contributed by atoms with E-state index in [-0.39, 0.29) is 31.1 Å². The van der Waals surface area contributed by atoms with Gasteiger partial charge < -0.3 is 14.3 Å². The number of amides is 5. The van der Waals surface area contributed by atoms with E-state index < -0.39 is 17.8 Å². The molecule has 0 unspecified atom stereocenters. The van der Waals surface area contributed by atoms with Crippen LogP contribution >= 0.6 is 0 Å². The molecule has 3 heterocycles. The van der Waals surface area contributed by atoms with Gasteiger partial charge in [-0.05, 0) is 29.8 Å². The Labute approximate surface area is 206 Å². The van der Waals surface area contributed by atoms with Crippen molar-refractivity contribution in [3.63, 3.8) is 0 Å². The van der Waals surface area contributed by atoms with Crippen molar-refractivity contribution in [3.05, 3.63) is 102 Å². The maximum Gasteiger partial charge on any atom is 0.331 e. The van der Waals surface area contributed by atoms with Crippen molar-refractivity contribution in [2.24, 2.45) is 0 Å². The van der Waals surface area contributed by atoms with Gasteiger partial charge >= 0.3 is 6.03 Å². The number of carbonyl (C=O) groups is 4. The molecule has 9 nitrogen and oxygen atoms in total. The lowest BCUT2D eigenvalue weighted by molar-refractivity contribution is -0.130. The second-order valence-electron chi connectivity index (χ2n) is 8.28. The Kier molecular flexibility index (Phi) is 6.19. The van der Waals surface area contributed by atoms with Gasteiger partial charge in [0.25, 0.3) is 11.8 Å². The molecular formula is C27H22N4O5. The van der Waals surface area contributed by atoms with Crippen molar-refractivity contribution in [2.75, 3.05) is 0 Å². The number of rotatable bonds is 7. The fraction of sp³-hybridized carbons (Fsp3) is 0.111. The fourth-order valence-electron chi connectivity index (χ4n) is 4.09. The molecule has 0 spiro atoms. The highest BCUT2D eigenvalue weighted by atomic mass is 16.3. The van der Waals surface area contributed by atoms with Crippen LogP contribution in [0.4, 0.5) is 4.79 Å². The van der Waals surface area contributed by atoms with Crippen LogP contribution in [0.15, 0.2) is 89.2 Å². The van der Waals surface area contributed by atoms with E-state index in [2.05, 4.69) is 10.6 Å². The molecule has 5 rings (SSSR count). The number of nitrogens with zero attached hydrogens (tertiary/aromatic N) is 2. The fourth-order valence-corrected chi connectivity index (χ4v) is 4.09. The summed E-state index contributed by atoms with van der Waals surface area (Å²) in [5.41, 5.74) is 1.94. The average molecular weight is 482 g/mol. The largest absolute Gasteiger partial charge is 0.467 e. The van der Waals surface area contributed by atoms with E-state index in [0.717, 1.165) is 21.4 Å². The molecular weight excluding hydrogens is 460 g/mol. The van der Waals surface area contributed by atoms with E-state index in [0.29, 0.717) is 11.3 Å². The van der Waals surface area contributed by atoms with Crippen LogP contribution in [0, 0.1) is 0 Å². The molecule has 0 saturated carbocycles. The summed E-state index contributed by atoms with van der Waals surface area (Å²) in [6, 6.07) is 19.2. The van der Waals surface area contributed by atoms with Crippen molar-refractivity contribution >= 4 is 40.7 Å². The van der Waals surface area contributed by atoms with E-state index in [1.165, 1.54) is 12.3 Å². The number of benzene rings is 2. The predicted molar refractivity (Wildman–Crippen MR) is 131 cm³/mol. The Bertz CT molecular complexity index is 1490. The summed E-state index contributed by atoms with van der Waals surface area (Å²) in [6.07, 6.45) is 4.71. The van der Waals surface area contributed by atoms with E-state index in [4.69, 9.17) is 4.42 Å². The molecule has 0 atom stereocenters. The van der Waals surface area contributed by atoms with Gasteiger partial charge in [-0.3, -0.25) is 24.6 Å². The van der Waals surface area contributed by atoms with Crippen LogP contribution in [-0.2, 0) is 34.0 Å². The minimum absolute atomic E-state index is 0.0309. The lowest BCUT2D eigenvalue weighted by atomic mass is 10.1. The SMILES string of the molecule is O=C(Cn1cc(/C=C2/C(=O)NC(=O)N(Cc3ccccc3)C2=O)c2ccccc21)NCc1ccco1. The van der Waals surface area contributed by atoms with Crippen LogP contribution in [0.2, 0.25) is 0 Å². The molecule has 0 aliphatic carbocycles. The number of hydrogen-bond donors (Lipinski definition) is 2. The zero-order valence-electron chi connectivity index (χ0n) is 19.1. The minimum atomic E-state index is -0.762. The minimum Gasteiger partial charge on any atom is -0.467 e. The second-order valence-corrected chi connectivity index (χ2v) is 8.28. The molecule has 0 bridgehead atoms. The van der Waals surface area contributed by atoms with Gasteiger partial charge in [-0.1, -0.05) is 48.5 Å². The van der Waals surface area contributed by atoms with Crippen LogP contribution in [-0.4, -0.2) is 33.2 Å². The quantitative estimate of drug-likeness (QED) is 0.310. The Balaban J connectivity index is 1.42. The lowest BCUT2D eigenvalue weighted by Crippen LogP contribution is -2.53. The molecule has 9 heteroatoms. The number of barbiturate groups is 1. The molecule has 2 aromatic heterocycles. The highest BCUT2D eigenvalue weighted by molar-refractivity contribution is 6.31. The molecule has 1 fully saturated rings. The van der Waals surface area contributed by atoms with Gasteiger partial charge in [-0.2, -0.15) is 0 Å². The third-order valence-corrected chi connectivity index (χ3v) is 5.84. The summed E-state index contributed by atoms with van der Waals surface area (Å²) in [6.45, 7) is 0.332. The first-order valence-electron chi connectivity index (χ1n) is 11.3. The highest BCUT2D eigenvalue weighted by Gasteiger charge is 2.35. The molecule has 5 amide bonds. The molecule has 180 valence electrons. The highest BCUT2D eigenvalue weighted by Crippen LogP contribution is 2.25. The maximum atomic E-state index is 13.2. The molecule has 2 aromatic carbocycles. The van der Waals surface area contributed by atoms with Gasteiger partial charge in [0.05, 0.1) is 19.4 Å². The maximum absolute atomic E-state index is 13.2. The van der Waals surface area contributed by atoms with Gasteiger partial charge in [0.15, 0.2) is 0 Å². The Hall–Kier alpha value is -4.92.